The Kier molecular flexibility index (Phi) is 5.67. The van der Waals surface area contributed by atoms with Crippen LogP contribution in [0.5, 0.6) is 17.2 Å². The van der Waals surface area contributed by atoms with Crippen LogP contribution in [-0.4, -0.2) is 29.0 Å². The number of aliphatic imine (C=N–C) groups is 1. The van der Waals surface area contributed by atoms with E-state index in [0.29, 0.717) is 6.61 Å². The Morgan fingerprint density at radius 1 is 0.955 bits per heavy atom. The Bertz CT molecular complexity index is 614. The Morgan fingerprint density at radius 3 is 2.41 bits per heavy atom. The highest BCUT2D eigenvalue weighted by atomic mass is 32.2. The van der Waals surface area contributed by atoms with Crippen LogP contribution in [0, 0.1) is 0 Å². The van der Waals surface area contributed by atoms with Gasteiger partial charge in [0.2, 0.25) is 0 Å². The summed E-state index contributed by atoms with van der Waals surface area (Å²) in [5.74, 6) is 4.55. The molecule has 0 unspecified atom stereocenters. The molecule has 0 bridgehead atoms. The van der Waals surface area contributed by atoms with Gasteiger partial charge in [-0.1, -0.05) is 41.7 Å². The first kappa shape index (κ1) is 15.3. The van der Waals surface area contributed by atoms with Gasteiger partial charge in [-0.3, -0.25) is 4.99 Å². The molecule has 0 spiro atoms. The number of rotatable bonds is 6. The average Bonchev–Trinajstić information content (AvgIpc) is 3.07. The molecule has 1 aliphatic heterocycles. The fraction of sp³-hybridized carbons (Fsp3) is 0.235. The topological polar surface area (TPSA) is 30.8 Å². The molecule has 0 saturated heterocycles. The highest BCUT2D eigenvalue weighted by Gasteiger charge is 2.07. The molecule has 0 radical (unpaired) electrons. The number of hydrogen-bond acceptors (Lipinski definition) is 5. The maximum absolute atomic E-state index is 5.75. The summed E-state index contributed by atoms with van der Waals surface area (Å²) in [6.45, 7) is 1.64. The van der Waals surface area contributed by atoms with Crippen molar-refractivity contribution in [1.82, 2.24) is 0 Å². The van der Waals surface area contributed by atoms with E-state index in [4.69, 9.17) is 9.47 Å². The zero-order valence-corrected chi connectivity index (χ0v) is 13.7. The zero-order chi connectivity index (χ0) is 15.0. The molecule has 0 N–H and O–H groups in total. The fourth-order valence-corrected chi connectivity index (χ4v) is 3.82. The predicted octanol–water partition coefficient (Wildman–Crippen LogP) is 4.69. The minimum Gasteiger partial charge on any atom is -0.493 e. The summed E-state index contributed by atoms with van der Waals surface area (Å²) in [4.78, 5) is 4.40. The van der Waals surface area contributed by atoms with Crippen LogP contribution in [0.1, 0.15) is 0 Å². The van der Waals surface area contributed by atoms with Crippen molar-refractivity contribution in [3.8, 4) is 17.2 Å². The van der Waals surface area contributed by atoms with E-state index in [1.54, 1.807) is 11.8 Å². The number of para-hydroxylation sites is 1. The summed E-state index contributed by atoms with van der Waals surface area (Å²) in [7, 11) is 0. The van der Waals surface area contributed by atoms with Gasteiger partial charge in [-0.05, 0) is 36.4 Å². The van der Waals surface area contributed by atoms with Crippen LogP contribution in [-0.2, 0) is 0 Å². The number of ether oxygens (including phenoxy) is 2. The third-order valence-corrected chi connectivity index (χ3v) is 5.15. The van der Waals surface area contributed by atoms with Gasteiger partial charge in [0.15, 0.2) is 0 Å². The van der Waals surface area contributed by atoms with Gasteiger partial charge in [-0.25, -0.2) is 0 Å². The molecule has 22 heavy (non-hydrogen) atoms. The van der Waals surface area contributed by atoms with Crippen molar-refractivity contribution in [3.05, 3.63) is 54.6 Å². The summed E-state index contributed by atoms with van der Waals surface area (Å²) in [6.07, 6.45) is 0. The molecule has 3 nitrogen and oxygen atoms in total. The van der Waals surface area contributed by atoms with E-state index in [2.05, 4.69) is 4.99 Å². The molecule has 0 fully saturated rings. The van der Waals surface area contributed by atoms with E-state index in [-0.39, 0.29) is 0 Å². The number of hydrogen-bond donors (Lipinski definition) is 0. The van der Waals surface area contributed by atoms with Gasteiger partial charge in [-0.15, -0.1) is 0 Å². The van der Waals surface area contributed by atoms with Crippen molar-refractivity contribution in [3.63, 3.8) is 0 Å². The second kappa shape index (κ2) is 8.15. The van der Waals surface area contributed by atoms with Gasteiger partial charge in [0.1, 0.15) is 21.6 Å². The van der Waals surface area contributed by atoms with E-state index in [0.717, 1.165) is 35.3 Å². The lowest BCUT2D eigenvalue weighted by Crippen LogP contribution is -2.01. The molecule has 114 valence electrons. The Balaban J connectivity index is 1.43. The summed E-state index contributed by atoms with van der Waals surface area (Å²) in [5.41, 5.74) is 0. The summed E-state index contributed by atoms with van der Waals surface area (Å²) < 4.78 is 12.7. The van der Waals surface area contributed by atoms with Gasteiger partial charge in [-0.2, -0.15) is 0 Å². The molecule has 0 atom stereocenters. The van der Waals surface area contributed by atoms with Crippen LogP contribution in [0.25, 0.3) is 0 Å². The molecule has 2 aromatic carbocycles. The molecule has 1 heterocycles. The minimum absolute atomic E-state index is 0.684. The lowest BCUT2D eigenvalue weighted by molar-refractivity contribution is 0.343. The molecule has 3 rings (SSSR count). The highest BCUT2D eigenvalue weighted by molar-refractivity contribution is 8.39. The first-order chi connectivity index (χ1) is 10.9. The molecule has 0 aliphatic carbocycles. The van der Waals surface area contributed by atoms with Crippen molar-refractivity contribution < 1.29 is 9.47 Å². The van der Waals surface area contributed by atoms with Crippen molar-refractivity contribution in [2.24, 2.45) is 4.99 Å². The lowest BCUT2D eigenvalue weighted by atomic mass is 10.3. The van der Waals surface area contributed by atoms with Crippen molar-refractivity contribution in [2.75, 3.05) is 24.7 Å². The molecule has 5 heteroatoms. The molecule has 0 saturated carbocycles. The van der Waals surface area contributed by atoms with Gasteiger partial charge in [0.05, 0.1) is 13.2 Å². The van der Waals surface area contributed by atoms with Crippen LogP contribution in [0.4, 0.5) is 0 Å². The quantitative estimate of drug-likeness (QED) is 0.718. The lowest BCUT2D eigenvalue weighted by Gasteiger charge is -2.08. The van der Waals surface area contributed by atoms with Crippen molar-refractivity contribution in [1.29, 1.82) is 0 Å². The molecule has 2 aromatic rings. The van der Waals surface area contributed by atoms with Crippen LogP contribution < -0.4 is 9.47 Å². The standard InChI is InChI=1S/C17H17NO2S2/c1-2-4-15(5-3-1)20-16-8-6-14(7-9-16)19-11-13-22-17-18-10-12-21-17/h1-9H,10-13H2. The first-order valence-electron chi connectivity index (χ1n) is 7.16. The van der Waals surface area contributed by atoms with Crippen molar-refractivity contribution in [2.45, 2.75) is 0 Å². The van der Waals surface area contributed by atoms with Crippen LogP contribution in [0.2, 0.25) is 0 Å². The van der Waals surface area contributed by atoms with Gasteiger partial charge >= 0.3 is 0 Å². The van der Waals surface area contributed by atoms with Crippen LogP contribution in [0.3, 0.4) is 0 Å². The van der Waals surface area contributed by atoms with E-state index >= 15 is 0 Å². The fourth-order valence-electron chi connectivity index (χ4n) is 1.92. The third-order valence-electron chi connectivity index (χ3n) is 2.94. The maximum Gasteiger partial charge on any atom is 0.127 e. The zero-order valence-electron chi connectivity index (χ0n) is 12.1. The summed E-state index contributed by atoms with van der Waals surface area (Å²) in [6, 6.07) is 17.5. The number of nitrogens with zero attached hydrogens (tertiary/aromatic N) is 1. The average molecular weight is 331 g/mol. The van der Waals surface area contributed by atoms with E-state index < -0.39 is 0 Å². The smallest absolute Gasteiger partial charge is 0.127 e. The number of thioether (sulfide) groups is 2. The Hall–Kier alpha value is -1.59. The third kappa shape index (κ3) is 4.71. The summed E-state index contributed by atoms with van der Waals surface area (Å²) >= 11 is 3.60. The SMILES string of the molecule is c1ccc(Oc2ccc(OCCSC3=NCCS3)cc2)cc1. The Labute approximate surface area is 139 Å². The minimum atomic E-state index is 0.684. The first-order valence-corrected chi connectivity index (χ1v) is 9.13. The predicted molar refractivity (Wildman–Crippen MR) is 95.7 cm³/mol. The molecule has 0 amide bonds. The molecular weight excluding hydrogens is 314 g/mol. The van der Waals surface area contributed by atoms with E-state index in [1.165, 1.54) is 4.38 Å². The molecule has 1 aliphatic rings. The van der Waals surface area contributed by atoms with Crippen molar-refractivity contribution >= 4 is 27.9 Å². The van der Waals surface area contributed by atoms with Crippen LogP contribution in [0.15, 0.2) is 59.6 Å². The largest absolute Gasteiger partial charge is 0.493 e. The van der Waals surface area contributed by atoms with Gasteiger partial charge < -0.3 is 9.47 Å². The van der Waals surface area contributed by atoms with Gasteiger partial charge in [0.25, 0.3) is 0 Å². The molecular formula is C17H17NO2S2. The van der Waals surface area contributed by atoms with Crippen LogP contribution >= 0.6 is 23.5 Å². The number of benzene rings is 2. The maximum atomic E-state index is 5.75. The Morgan fingerprint density at radius 2 is 1.68 bits per heavy atom. The van der Waals surface area contributed by atoms with E-state index in [9.17, 15) is 0 Å². The van der Waals surface area contributed by atoms with Gasteiger partial charge in [0, 0.05) is 11.5 Å². The summed E-state index contributed by atoms with van der Waals surface area (Å²) in [5, 5.41) is 0. The second-order valence-electron chi connectivity index (χ2n) is 4.58. The molecule has 0 aromatic heterocycles. The highest BCUT2D eigenvalue weighted by Crippen LogP contribution is 2.24. The monoisotopic (exact) mass is 331 g/mol. The van der Waals surface area contributed by atoms with E-state index in [1.807, 2.05) is 66.4 Å². The second-order valence-corrected chi connectivity index (χ2v) is 7.01. The normalized spacial score (nSPS) is 13.7.